The summed E-state index contributed by atoms with van der Waals surface area (Å²) in [4.78, 5) is 25.4. The maximum absolute atomic E-state index is 13.0. The van der Waals surface area contributed by atoms with Gasteiger partial charge < -0.3 is 15.4 Å². The van der Waals surface area contributed by atoms with Gasteiger partial charge in [-0.3, -0.25) is 9.59 Å². The largest absolute Gasteiger partial charge is 0.493 e. The van der Waals surface area contributed by atoms with E-state index in [4.69, 9.17) is 10.5 Å². The Morgan fingerprint density at radius 2 is 2.00 bits per heavy atom. The molecule has 0 spiro atoms. The molecule has 0 aromatic heterocycles. The van der Waals surface area contributed by atoms with Crippen LogP contribution < -0.4 is 15.2 Å². The number of carbonyl (C=O) groups is 2. The maximum Gasteiger partial charge on any atom is 0.237 e. The highest BCUT2D eigenvalue weighted by Crippen LogP contribution is 2.34. The van der Waals surface area contributed by atoms with Gasteiger partial charge in [-0.2, -0.15) is 0 Å². The summed E-state index contributed by atoms with van der Waals surface area (Å²) in [6.45, 7) is 0.470. The van der Waals surface area contributed by atoms with Crippen molar-refractivity contribution in [2.24, 2.45) is 11.1 Å². The fraction of sp³-hybridized carbons (Fsp3) is 0.529. The van der Waals surface area contributed by atoms with Crippen LogP contribution in [-0.2, 0) is 19.6 Å². The van der Waals surface area contributed by atoms with Gasteiger partial charge in [-0.25, -0.2) is 17.5 Å². The molecule has 150 valence electrons. The van der Waals surface area contributed by atoms with Crippen molar-refractivity contribution in [2.45, 2.75) is 19.3 Å². The topological polar surface area (TPSA) is 119 Å². The summed E-state index contributed by atoms with van der Waals surface area (Å²) in [5.41, 5.74) is 4.71. The Balaban J connectivity index is 2.07. The molecule has 10 heteroatoms. The van der Waals surface area contributed by atoms with E-state index in [2.05, 4.69) is 4.72 Å². The Labute approximate surface area is 157 Å². The van der Waals surface area contributed by atoms with Crippen LogP contribution in [0.2, 0.25) is 0 Å². The van der Waals surface area contributed by atoms with Crippen LogP contribution in [0.3, 0.4) is 0 Å². The molecule has 1 aromatic carbocycles. The molecule has 0 aliphatic carbocycles. The first-order valence-corrected chi connectivity index (χ1v) is 10.4. The molecule has 2 amide bonds. The highest BCUT2D eigenvalue weighted by atomic mass is 32.2. The lowest BCUT2D eigenvalue weighted by atomic mass is 9.77. The second kappa shape index (κ2) is 8.66. The summed E-state index contributed by atoms with van der Waals surface area (Å²) in [6.07, 6.45) is 2.26. The van der Waals surface area contributed by atoms with Gasteiger partial charge in [0.15, 0.2) is 0 Å². The average molecular weight is 401 g/mol. The molecule has 1 aliphatic heterocycles. The number of nitrogens with two attached hydrogens (primary N) is 1. The zero-order valence-electron chi connectivity index (χ0n) is 15.1. The molecule has 1 aromatic rings. The van der Waals surface area contributed by atoms with Crippen molar-refractivity contribution >= 4 is 21.8 Å². The smallest absolute Gasteiger partial charge is 0.237 e. The zero-order chi connectivity index (χ0) is 20.1. The lowest BCUT2D eigenvalue weighted by molar-refractivity contribution is -0.136. The third-order valence-corrected chi connectivity index (χ3v) is 5.08. The maximum atomic E-state index is 13.0. The Morgan fingerprint density at radius 3 is 2.59 bits per heavy atom. The predicted molar refractivity (Wildman–Crippen MR) is 96.8 cm³/mol. The van der Waals surface area contributed by atoms with Crippen molar-refractivity contribution in [3.63, 3.8) is 0 Å². The van der Waals surface area contributed by atoms with E-state index in [1.165, 1.54) is 29.2 Å². The Morgan fingerprint density at radius 1 is 1.33 bits per heavy atom. The van der Waals surface area contributed by atoms with Crippen LogP contribution in [0.5, 0.6) is 5.75 Å². The van der Waals surface area contributed by atoms with Crippen LogP contribution in [0.15, 0.2) is 24.3 Å². The number of carbonyl (C=O) groups excluding carboxylic acids is 2. The van der Waals surface area contributed by atoms with E-state index < -0.39 is 21.3 Å². The lowest BCUT2D eigenvalue weighted by Crippen LogP contribution is -2.52. The van der Waals surface area contributed by atoms with Gasteiger partial charge in [0, 0.05) is 24.9 Å². The summed E-state index contributed by atoms with van der Waals surface area (Å²) in [5.74, 6) is -0.832. The molecular weight excluding hydrogens is 377 g/mol. The first kappa shape index (κ1) is 21.1. The molecule has 3 N–H and O–H groups in total. The minimum atomic E-state index is -3.48. The summed E-state index contributed by atoms with van der Waals surface area (Å²) >= 11 is 0. The predicted octanol–water partition coefficient (Wildman–Crippen LogP) is 0.238. The number of hydrogen-bond acceptors (Lipinski definition) is 5. The Kier molecular flexibility index (Phi) is 6.77. The first-order chi connectivity index (χ1) is 12.6. The van der Waals surface area contributed by atoms with Gasteiger partial charge >= 0.3 is 0 Å². The number of benzene rings is 1. The van der Waals surface area contributed by atoms with Crippen molar-refractivity contribution < 1.29 is 27.1 Å². The number of sulfonamides is 1. The van der Waals surface area contributed by atoms with Crippen LogP contribution in [0.1, 0.15) is 19.3 Å². The van der Waals surface area contributed by atoms with Gasteiger partial charge in [-0.15, -0.1) is 0 Å². The Bertz CT molecular complexity index is 784. The minimum Gasteiger partial charge on any atom is -0.493 e. The van der Waals surface area contributed by atoms with E-state index in [9.17, 15) is 22.4 Å². The number of nitrogens with one attached hydrogen (secondary N) is 1. The van der Waals surface area contributed by atoms with Crippen molar-refractivity contribution in [3.8, 4) is 5.75 Å². The summed E-state index contributed by atoms with van der Waals surface area (Å²) in [7, 11) is -3.48. The van der Waals surface area contributed by atoms with Gasteiger partial charge in [-0.1, -0.05) is 0 Å². The lowest BCUT2D eigenvalue weighted by Gasteiger charge is -2.42. The quantitative estimate of drug-likeness (QED) is 0.647. The number of amides is 2. The van der Waals surface area contributed by atoms with Gasteiger partial charge in [-0.05, 0) is 37.1 Å². The number of nitrogens with zero attached hydrogens (tertiary/aromatic N) is 1. The summed E-state index contributed by atoms with van der Waals surface area (Å²) in [6, 6.07) is 5.50. The zero-order valence-corrected chi connectivity index (χ0v) is 15.9. The molecule has 1 aliphatic rings. The highest BCUT2D eigenvalue weighted by Gasteiger charge is 2.39. The monoisotopic (exact) mass is 401 g/mol. The van der Waals surface area contributed by atoms with Crippen molar-refractivity contribution in [3.05, 3.63) is 30.1 Å². The molecule has 0 radical (unpaired) electrons. The third-order valence-electron chi connectivity index (χ3n) is 4.41. The summed E-state index contributed by atoms with van der Waals surface area (Å²) in [5, 5.41) is 0. The minimum absolute atomic E-state index is 0.0253. The van der Waals surface area contributed by atoms with Gasteiger partial charge in [0.05, 0.1) is 19.4 Å². The van der Waals surface area contributed by atoms with Crippen LogP contribution in [0.25, 0.3) is 0 Å². The molecule has 27 heavy (non-hydrogen) atoms. The molecule has 2 rings (SSSR count). The van der Waals surface area contributed by atoms with E-state index >= 15 is 0 Å². The number of halogens is 1. The van der Waals surface area contributed by atoms with Crippen LogP contribution in [0, 0.1) is 11.2 Å². The summed E-state index contributed by atoms with van der Waals surface area (Å²) < 4.78 is 43.3. The van der Waals surface area contributed by atoms with Crippen LogP contribution >= 0.6 is 0 Å². The molecule has 0 saturated carbocycles. The number of rotatable bonds is 8. The number of hydrogen-bond donors (Lipinski definition) is 2. The molecule has 0 bridgehead atoms. The first-order valence-electron chi connectivity index (χ1n) is 8.48. The molecule has 1 fully saturated rings. The van der Waals surface area contributed by atoms with Crippen molar-refractivity contribution in [1.29, 1.82) is 0 Å². The molecule has 8 nitrogen and oxygen atoms in total. The molecule has 1 saturated heterocycles. The number of primary amides is 1. The van der Waals surface area contributed by atoms with E-state index in [-0.39, 0.29) is 37.8 Å². The highest BCUT2D eigenvalue weighted by molar-refractivity contribution is 7.88. The number of piperidine rings is 1. The van der Waals surface area contributed by atoms with Crippen LogP contribution in [0.4, 0.5) is 4.39 Å². The van der Waals surface area contributed by atoms with E-state index in [1.807, 2.05) is 0 Å². The van der Waals surface area contributed by atoms with Crippen molar-refractivity contribution in [1.82, 2.24) is 9.62 Å². The van der Waals surface area contributed by atoms with Gasteiger partial charge in [0.2, 0.25) is 21.8 Å². The second-order valence-electron chi connectivity index (χ2n) is 6.90. The standard InChI is InChI=1S/C17H24FN3O5S/c1-27(24,25)20-10-16(23)21-8-2-7-17(11-21,9-15(19)22)12-26-14-5-3-13(18)4-6-14/h3-6,20H,2,7-12H2,1H3,(H2,19,22)/t17-/m0/s1. The SMILES string of the molecule is CS(=O)(=O)NCC(=O)N1CCC[C@](COc2ccc(F)cc2)(CC(N)=O)C1. The molecular formula is C17H24FN3O5S. The van der Waals surface area contributed by atoms with Crippen molar-refractivity contribution in [2.75, 3.05) is 32.5 Å². The molecule has 1 atom stereocenters. The van der Waals surface area contributed by atoms with Gasteiger partial charge in [0.1, 0.15) is 11.6 Å². The third kappa shape index (κ3) is 6.79. The number of likely N-dealkylation sites (tertiary alicyclic amines) is 1. The van der Waals surface area contributed by atoms with E-state index in [1.54, 1.807) is 0 Å². The normalized spacial score (nSPS) is 20.3. The number of ether oxygens (including phenoxy) is 1. The average Bonchev–Trinajstić information content (AvgIpc) is 2.58. The Hall–Kier alpha value is -2.20. The molecule has 0 unspecified atom stereocenters. The fourth-order valence-corrected chi connectivity index (χ4v) is 3.56. The molecule has 1 heterocycles. The second-order valence-corrected chi connectivity index (χ2v) is 8.73. The van der Waals surface area contributed by atoms with E-state index in [0.717, 1.165) is 6.26 Å². The fourth-order valence-electron chi connectivity index (χ4n) is 3.18. The van der Waals surface area contributed by atoms with Gasteiger partial charge in [0.25, 0.3) is 0 Å². The van der Waals surface area contributed by atoms with Crippen LogP contribution in [-0.4, -0.2) is 57.6 Å². The van der Waals surface area contributed by atoms with E-state index in [0.29, 0.717) is 25.1 Å².